The summed E-state index contributed by atoms with van der Waals surface area (Å²) in [6.07, 6.45) is 3.52. The molecule has 0 aliphatic carbocycles. The van der Waals surface area contributed by atoms with E-state index in [0.29, 0.717) is 18.0 Å². The van der Waals surface area contributed by atoms with E-state index in [2.05, 4.69) is 48.6 Å². The number of hydrogen-bond acceptors (Lipinski definition) is 5. The van der Waals surface area contributed by atoms with Gasteiger partial charge in [0, 0.05) is 9.99 Å². The van der Waals surface area contributed by atoms with Crippen molar-refractivity contribution in [2.75, 3.05) is 0 Å². The second-order valence-corrected chi connectivity index (χ2v) is 5.40. The Hall–Kier alpha value is -1.41. The van der Waals surface area contributed by atoms with Gasteiger partial charge >= 0.3 is 0 Å². The van der Waals surface area contributed by atoms with Gasteiger partial charge in [0.15, 0.2) is 11.5 Å². The van der Waals surface area contributed by atoms with Gasteiger partial charge in [0.25, 0.3) is 0 Å². The summed E-state index contributed by atoms with van der Waals surface area (Å²) in [6.45, 7) is 0. The van der Waals surface area contributed by atoms with Gasteiger partial charge in [-0.2, -0.15) is 0 Å². The van der Waals surface area contributed by atoms with Gasteiger partial charge in [-0.05, 0) is 40.3 Å². The van der Waals surface area contributed by atoms with E-state index in [0.717, 1.165) is 5.56 Å². The number of aliphatic imine (C=N–C) groups is 4. The van der Waals surface area contributed by atoms with Gasteiger partial charge < -0.3 is 5.73 Å². The molecule has 2 heterocycles. The zero-order valence-electron chi connectivity index (χ0n) is 9.42. The summed E-state index contributed by atoms with van der Waals surface area (Å²) >= 11 is 2.28. The van der Waals surface area contributed by atoms with Crippen LogP contribution in [0.4, 0.5) is 0 Å². The fraction of sp³-hybridized carbons (Fsp3) is 0.167. The van der Waals surface area contributed by atoms with Crippen molar-refractivity contribution in [3.63, 3.8) is 0 Å². The first-order chi connectivity index (χ1) is 8.67. The molecule has 0 radical (unpaired) electrons. The van der Waals surface area contributed by atoms with E-state index < -0.39 is 5.66 Å². The second kappa shape index (κ2) is 4.36. The summed E-state index contributed by atoms with van der Waals surface area (Å²) in [5.74, 6) is 0.568. The standard InChI is InChI=1S/C12H10IN5/c13-9-3-1-2-8(4-9)5-12(14)10-11(16-6-15-10)17-7-18-12/h1-4,6-7H,5,14H2. The summed E-state index contributed by atoms with van der Waals surface area (Å²) in [6, 6.07) is 8.18. The van der Waals surface area contributed by atoms with Crippen molar-refractivity contribution in [2.45, 2.75) is 12.1 Å². The highest BCUT2D eigenvalue weighted by molar-refractivity contribution is 14.1. The fourth-order valence-electron chi connectivity index (χ4n) is 2.00. The minimum absolute atomic E-state index is 0.568. The minimum atomic E-state index is -0.863. The molecule has 1 atom stereocenters. The maximum Gasteiger partial charge on any atom is 0.180 e. The predicted molar refractivity (Wildman–Crippen MR) is 81.6 cm³/mol. The van der Waals surface area contributed by atoms with Crippen molar-refractivity contribution in [2.24, 2.45) is 25.7 Å². The van der Waals surface area contributed by atoms with E-state index in [1.807, 2.05) is 18.2 Å². The Kier molecular flexibility index (Phi) is 2.83. The molecule has 2 aliphatic rings. The van der Waals surface area contributed by atoms with Crippen LogP contribution in [0.25, 0.3) is 0 Å². The monoisotopic (exact) mass is 351 g/mol. The fourth-order valence-corrected chi connectivity index (χ4v) is 2.60. The number of nitrogens with two attached hydrogens (primary N) is 1. The molecule has 1 aromatic carbocycles. The topological polar surface area (TPSA) is 75.5 Å². The molecule has 18 heavy (non-hydrogen) atoms. The maximum absolute atomic E-state index is 6.33. The third kappa shape index (κ3) is 2.01. The average molecular weight is 351 g/mol. The third-order valence-electron chi connectivity index (χ3n) is 2.82. The first kappa shape index (κ1) is 11.7. The molecule has 90 valence electrons. The Morgan fingerprint density at radius 3 is 2.94 bits per heavy atom. The van der Waals surface area contributed by atoms with Crippen LogP contribution in [0.5, 0.6) is 0 Å². The van der Waals surface area contributed by atoms with Crippen LogP contribution in [0.3, 0.4) is 0 Å². The molecule has 0 spiro atoms. The van der Waals surface area contributed by atoms with Crippen LogP contribution in [-0.2, 0) is 6.42 Å². The number of fused-ring (bicyclic) bond motifs is 1. The van der Waals surface area contributed by atoms with Gasteiger partial charge in [0.2, 0.25) is 0 Å². The summed E-state index contributed by atoms with van der Waals surface area (Å²) < 4.78 is 1.17. The second-order valence-electron chi connectivity index (χ2n) is 4.15. The molecule has 0 saturated carbocycles. The summed E-state index contributed by atoms with van der Waals surface area (Å²) in [5, 5.41) is 0. The summed E-state index contributed by atoms with van der Waals surface area (Å²) in [5.41, 5.74) is 7.24. The summed E-state index contributed by atoms with van der Waals surface area (Å²) in [7, 11) is 0. The smallest absolute Gasteiger partial charge is 0.180 e. The Labute approximate surface area is 118 Å². The molecule has 5 nitrogen and oxygen atoms in total. The Bertz CT molecular complexity index is 617. The van der Waals surface area contributed by atoms with E-state index in [1.165, 1.54) is 16.2 Å². The molecule has 0 aromatic heterocycles. The Morgan fingerprint density at radius 2 is 2.11 bits per heavy atom. The normalized spacial score (nSPS) is 24.8. The van der Waals surface area contributed by atoms with Crippen molar-refractivity contribution < 1.29 is 0 Å². The number of hydrogen-bond donors (Lipinski definition) is 1. The highest BCUT2D eigenvalue weighted by Crippen LogP contribution is 2.21. The molecule has 2 aliphatic heterocycles. The molecule has 0 saturated heterocycles. The number of halogens is 1. The molecule has 3 rings (SSSR count). The lowest BCUT2D eigenvalue weighted by atomic mass is 9.95. The number of benzene rings is 1. The maximum atomic E-state index is 6.33. The third-order valence-corrected chi connectivity index (χ3v) is 3.49. The van der Waals surface area contributed by atoms with Crippen LogP contribution < -0.4 is 5.73 Å². The van der Waals surface area contributed by atoms with E-state index in [4.69, 9.17) is 5.73 Å². The summed E-state index contributed by atoms with van der Waals surface area (Å²) in [4.78, 5) is 16.6. The predicted octanol–water partition coefficient (Wildman–Crippen LogP) is 1.41. The van der Waals surface area contributed by atoms with Crippen molar-refractivity contribution in [1.82, 2.24) is 0 Å². The molecular formula is C12H10IN5. The Morgan fingerprint density at radius 1 is 1.22 bits per heavy atom. The van der Waals surface area contributed by atoms with Crippen molar-refractivity contribution in [1.29, 1.82) is 0 Å². The molecule has 1 aromatic rings. The highest BCUT2D eigenvalue weighted by Gasteiger charge is 2.37. The lowest BCUT2D eigenvalue weighted by Gasteiger charge is -2.26. The van der Waals surface area contributed by atoms with Crippen molar-refractivity contribution in [3.05, 3.63) is 33.4 Å². The zero-order valence-corrected chi connectivity index (χ0v) is 11.6. The number of nitrogens with zero attached hydrogens (tertiary/aromatic N) is 4. The van der Waals surface area contributed by atoms with E-state index in [-0.39, 0.29) is 0 Å². The van der Waals surface area contributed by atoms with E-state index in [9.17, 15) is 0 Å². The minimum Gasteiger partial charge on any atom is -0.302 e. The first-order valence-electron chi connectivity index (χ1n) is 5.43. The van der Waals surface area contributed by atoms with E-state index >= 15 is 0 Å². The zero-order chi connectivity index (χ0) is 12.6. The van der Waals surface area contributed by atoms with Gasteiger partial charge in [-0.1, -0.05) is 12.1 Å². The molecule has 0 bridgehead atoms. The van der Waals surface area contributed by atoms with Gasteiger partial charge in [0.1, 0.15) is 18.4 Å². The van der Waals surface area contributed by atoms with Crippen LogP contribution in [0, 0.1) is 3.57 Å². The molecular weight excluding hydrogens is 341 g/mol. The van der Waals surface area contributed by atoms with Crippen LogP contribution in [-0.4, -0.2) is 29.9 Å². The molecule has 2 N–H and O–H groups in total. The molecule has 6 heteroatoms. The number of rotatable bonds is 2. The van der Waals surface area contributed by atoms with Gasteiger partial charge in [-0.3, -0.25) is 0 Å². The lowest BCUT2D eigenvalue weighted by molar-refractivity contribution is 0.597. The van der Waals surface area contributed by atoms with Gasteiger partial charge in [0.05, 0.1) is 0 Å². The quantitative estimate of drug-likeness (QED) is 0.804. The van der Waals surface area contributed by atoms with Gasteiger partial charge in [-0.25, -0.2) is 20.0 Å². The van der Waals surface area contributed by atoms with Crippen LogP contribution in [0.2, 0.25) is 0 Å². The highest BCUT2D eigenvalue weighted by atomic mass is 127. The van der Waals surface area contributed by atoms with Gasteiger partial charge in [-0.15, -0.1) is 0 Å². The SMILES string of the molecule is NC1(Cc2cccc(I)c2)N=CN=C2N=CN=C21. The number of amidine groups is 1. The first-order valence-corrected chi connectivity index (χ1v) is 6.51. The largest absolute Gasteiger partial charge is 0.302 e. The Balaban J connectivity index is 1.93. The molecule has 1 unspecified atom stereocenters. The van der Waals surface area contributed by atoms with Crippen molar-refractivity contribution >= 4 is 46.8 Å². The van der Waals surface area contributed by atoms with Crippen LogP contribution in [0.1, 0.15) is 5.56 Å². The van der Waals surface area contributed by atoms with Crippen molar-refractivity contribution in [3.8, 4) is 0 Å². The lowest BCUT2D eigenvalue weighted by Crippen LogP contribution is -2.52. The van der Waals surface area contributed by atoms with Crippen LogP contribution >= 0.6 is 22.6 Å². The molecule has 0 amide bonds. The average Bonchev–Trinajstić information content (AvgIpc) is 2.78. The van der Waals surface area contributed by atoms with E-state index in [1.54, 1.807) is 0 Å². The van der Waals surface area contributed by atoms with Crippen LogP contribution in [0.15, 0.2) is 44.2 Å². The molecule has 0 fully saturated rings.